The number of benzene rings is 1. The molecule has 2 atom stereocenters. The molecule has 1 aromatic carbocycles. The van der Waals surface area contributed by atoms with Crippen LogP contribution in [-0.4, -0.2) is 17.8 Å². The number of rotatable bonds is 8. The van der Waals surface area contributed by atoms with Gasteiger partial charge >= 0.3 is 0 Å². The molecule has 1 rings (SSSR count). The fraction of sp³-hybridized carbons (Fsp3) is 0.625. The first-order valence-electron chi connectivity index (χ1n) is 7.08. The summed E-state index contributed by atoms with van der Waals surface area (Å²) in [6, 6.07) is 9.34. The second-order valence-corrected chi connectivity index (χ2v) is 6.28. The van der Waals surface area contributed by atoms with Crippen LogP contribution in [0.5, 0.6) is 0 Å². The Balaban J connectivity index is 2.44. The van der Waals surface area contributed by atoms with Crippen LogP contribution in [-0.2, 0) is 5.75 Å². The van der Waals surface area contributed by atoms with Crippen LogP contribution in [0.25, 0.3) is 0 Å². The third-order valence-corrected chi connectivity index (χ3v) is 4.76. The molecule has 0 aromatic heterocycles. The zero-order valence-corrected chi connectivity index (χ0v) is 13.0. The Bertz CT molecular complexity index is 338. The Kier molecular flexibility index (Phi) is 7.45. The van der Waals surface area contributed by atoms with Crippen LogP contribution < -0.4 is 5.32 Å². The van der Waals surface area contributed by atoms with E-state index in [0.29, 0.717) is 11.3 Å². The largest absolute Gasteiger partial charge is 0.313 e. The van der Waals surface area contributed by atoms with Crippen molar-refractivity contribution in [3.8, 4) is 0 Å². The first-order valence-corrected chi connectivity index (χ1v) is 8.13. The van der Waals surface area contributed by atoms with Crippen molar-refractivity contribution in [2.24, 2.45) is 0 Å². The molecule has 18 heavy (non-hydrogen) atoms. The average Bonchev–Trinajstić information content (AvgIpc) is 2.38. The van der Waals surface area contributed by atoms with Crippen LogP contribution in [0.15, 0.2) is 24.3 Å². The molecule has 0 aliphatic carbocycles. The monoisotopic (exact) mass is 265 g/mol. The predicted molar refractivity (Wildman–Crippen MR) is 84.3 cm³/mol. The van der Waals surface area contributed by atoms with Crippen molar-refractivity contribution in [3.63, 3.8) is 0 Å². The Labute approximate surface area is 117 Å². The van der Waals surface area contributed by atoms with E-state index in [1.54, 1.807) is 0 Å². The van der Waals surface area contributed by atoms with Gasteiger partial charge in [-0.1, -0.05) is 45.0 Å². The summed E-state index contributed by atoms with van der Waals surface area (Å²) in [6.45, 7) is 10.2. The van der Waals surface area contributed by atoms with Crippen molar-refractivity contribution in [1.82, 2.24) is 5.32 Å². The van der Waals surface area contributed by atoms with Gasteiger partial charge in [0.05, 0.1) is 0 Å². The molecule has 102 valence electrons. The summed E-state index contributed by atoms with van der Waals surface area (Å²) >= 11 is 2.06. The molecule has 0 radical (unpaired) electrons. The van der Waals surface area contributed by atoms with Crippen LogP contribution >= 0.6 is 11.8 Å². The zero-order chi connectivity index (χ0) is 13.4. The van der Waals surface area contributed by atoms with Gasteiger partial charge in [-0.05, 0) is 37.4 Å². The summed E-state index contributed by atoms with van der Waals surface area (Å²) in [6.07, 6.45) is 2.42. The first-order chi connectivity index (χ1) is 8.69. The van der Waals surface area contributed by atoms with Gasteiger partial charge in [0, 0.05) is 17.0 Å². The summed E-state index contributed by atoms with van der Waals surface area (Å²) in [4.78, 5) is 0. The van der Waals surface area contributed by atoms with Gasteiger partial charge < -0.3 is 5.32 Å². The Hall–Kier alpha value is -0.470. The Morgan fingerprint density at radius 2 is 1.94 bits per heavy atom. The lowest BCUT2D eigenvalue weighted by Gasteiger charge is -2.23. The standard InChI is InChI=1S/C16H27NS/c1-5-11-17-16(6-2)14(4)18-12-15-10-8-7-9-13(15)3/h7-10,14,16-17H,5-6,11-12H2,1-4H3. The van der Waals surface area contributed by atoms with Gasteiger partial charge in [0.15, 0.2) is 0 Å². The smallest absolute Gasteiger partial charge is 0.0190 e. The quantitative estimate of drug-likeness (QED) is 0.748. The van der Waals surface area contributed by atoms with E-state index in [1.807, 2.05) is 0 Å². The van der Waals surface area contributed by atoms with Crippen LogP contribution in [0.1, 0.15) is 44.7 Å². The fourth-order valence-corrected chi connectivity index (χ4v) is 3.37. The van der Waals surface area contributed by atoms with Crippen LogP contribution in [0.2, 0.25) is 0 Å². The van der Waals surface area contributed by atoms with Gasteiger partial charge in [-0.3, -0.25) is 0 Å². The molecule has 0 aliphatic rings. The maximum atomic E-state index is 3.65. The average molecular weight is 265 g/mol. The highest BCUT2D eigenvalue weighted by Gasteiger charge is 2.15. The minimum absolute atomic E-state index is 0.638. The van der Waals surface area contributed by atoms with Gasteiger partial charge in [-0.25, -0.2) is 0 Å². The zero-order valence-electron chi connectivity index (χ0n) is 12.2. The van der Waals surface area contributed by atoms with E-state index < -0.39 is 0 Å². The van der Waals surface area contributed by atoms with Crippen molar-refractivity contribution in [2.45, 2.75) is 57.6 Å². The molecular weight excluding hydrogens is 238 g/mol. The highest BCUT2D eigenvalue weighted by Crippen LogP contribution is 2.23. The summed E-state index contributed by atoms with van der Waals surface area (Å²) in [5.74, 6) is 1.12. The number of hydrogen-bond donors (Lipinski definition) is 1. The summed E-state index contributed by atoms with van der Waals surface area (Å²) in [5, 5.41) is 4.32. The van der Waals surface area contributed by atoms with Crippen molar-refractivity contribution >= 4 is 11.8 Å². The topological polar surface area (TPSA) is 12.0 Å². The highest BCUT2D eigenvalue weighted by molar-refractivity contribution is 7.99. The molecule has 0 saturated heterocycles. The Morgan fingerprint density at radius 1 is 1.22 bits per heavy atom. The van der Waals surface area contributed by atoms with Gasteiger partial charge in [0.1, 0.15) is 0 Å². The minimum Gasteiger partial charge on any atom is -0.313 e. The van der Waals surface area contributed by atoms with Crippen molar-refractivity contribution in [2.75, 3.05) is 6.54 Å². The van der Waals surface area contributed by atoms with Crippen LogP contribution in [0, 0.1) is 6.92 Å². The lowest BCUT2D eigenvalue weighted by Crippen LogP contribution is -2.36. The van der Waals surface area contributed by atoms with Gasteiger partial charge in [0.25, 0.3) is 0 Å². The summed E-state index contributed by atoms with van der Waals surface area (Å²) < 4.78 is 0. The number of hydrogen-bond acceptors (Lipinski definition) is 2. The van der Waals surface area contributed by atoms with Crippen LogP contribution in [0.3, 0.4) is 0 Å². The molecule has 0 aliphatic heterocycles. The molecule has 2 heteroatoms. The predicted octanol–water partition coefficient (Wildman–Crippen LogP) is 4.39. The molecule has 1 N–H and O–H groups in total. The highest BCUT2D eigenvalue weighted by atomic mass is 32.2. The molecular formula is C16H27NS. The van der Waals surface area contributed by atoms with E-state index in [4.69, 9.17) is 0 Å². The SMILES string of the molecule is CCCNC(CC)C(C)SCc1ccccc1C. The van der Waals surface area contributed by atoms with E-state index in [9.17, 15) is 0 Å². The van der Waals surface area contributed by atoms with Gasteiger partial charge in [0.2, 0.25) is 0 Å². The molecule has 2 unspecified atom stereocenters. The van der Waals surface area contributed by atoms with E-state index in [-0.39, 0.29) is 0 Å². The molecule has 0 saturated carbocycles. The van der Waals surface area contributed by atoms with Gasteiger partial charge in [-0.2, -0.15) is 11.8 Å². The minimum atomic E-state index is 0.638. The summed E-state index contributed by atoms with van der Waals surface area (Å²) in [7, 11) is 0. The van der Waals surface area contributed by atoms with Crippen LogP contribution in [0.4, 0.5) is 0 Å². The fourth-order valence-electron chi connectivity index (χ4n) is 2.08. The lowest BCUT2D eigenvalue weighted by atomic mass is 10.1. The van der Waals surface area contributed by atoms with E-state index in [2.05, 4.69) is 69.0 Å². The maximum Gasteiger partial charge on any atom is 0.0190 e. The van der Waals surface area contributed by atoms with Crippen molar-refractivity contribution in [3.05, 3.63) is 35.4 Å². The normalized spacial score (nSPS) is 14.4. The molecule has 1 nitrogen and oxygen atoms in total. The maximum absolute atomic E-state index is 3.65. The van der Waals surface area contributed by atoms with Crippen molar-refractivity contribution < 1.29 is 0 Å². The number of nitrogens with one attached hydrogen (secondary N) is 1. The molecule has 0 heterocycles. The molecule has 1 aromatic rings. The van der Waals surface area contributed by atoms with Crippen molar-refractivity contribution in [1.29, 1.82) is 0 Å². The van der Waals surface area contributed by atoms with E-state index in [0.717, 1.165) is 12.3 Å². The summed E-state index contributed by atoms with van der Waals surface area (Å²) in [5.41, 5.74) is 2.88. The lowest BCUT2D eigenvalue weighted by molar-refractivity contribution is 0.493. The van der Waals surface area contributed by atoms with Gasteiger partial charge in [-0.15, -0.1) is 0 Å². The molecule has 0 spiro atoms. The molecule has 0 fully saturated rings. The third kappa shape index (κ3) is 5.03. The van der Waals surface area contributed by atoms with E-state index >= 15 is 0 Å². The second-order valence-electron chi connectivity index (χ2n) is 4.91. The molecule has 0 amide bonds. The third-order valence-electron chi connectivity index (χ3n) is 3.43. The number of aryl methyl sites for hydroxylation is 1. The number of thioether (sulfide) groups is 1. The first kappa shape index (κ1) is 15.6. The Morgan fingerprint density at radius 3 is 2.56 bits per heavy atom. The molecule has 0 bridgehead atoms. The second kappa shape index (κ2) is 8.60. The van der Waals surface area contributed by atoms with E-state index in [1.165, 1.54) is 24.0 Å².